The molecule has 1 aromatic heterocycles. The maximum absolute atomic E-state index is 12.6. The second-order valence-electron chi connectivity index (χ2n) is 6.92. The summed E-state index contributed by atoms with van der Waals surface area (Å²) < 4.78 is 0. The van der Waals surface area contributed by atoms with Gasteiger partial charge in [-0.2, -0.15) is 5.10 Å². The van der Waals surface area contributed by atoms with Gasteiger partial charge < -0.3 is 4.90 Å². The van der Waals surface area contributed by atoms with E-state index in [1.165, 1.54) is 5.56 Å². The van der Waals surface area contributed by atoms with Gasteiger partial charge in [-0.1, -0.05) is 44.2 Å². The summed E-state index contributed by atoms with van der Waals surface area (Å²) in [5, 5.41) is 8.29. The van der Waals surface area contributed by atoms with Crippen molar-refractivity contribution in [1.29, 1.82) is 0 Å². The summed E-state index contributed by atoms with van der Waals surface area (Å²) in [6.45, 7) is 5.76. The molecule has 0 saturated carbocycles. The van der Waals surface area contributed by atoms with Crippen LogP contribution in [-0.4, -0.2) is 34.1 Å². The number of benzene rings is 1. The Kier molecular flexibility index (Phi) is 5.24. The number of piperidine rings is 1. The molecule has 0 aliphatic carbocycles. The van der Waals surface area contributed by atoms with E-state index in [0.717, 1.165) is 38.0 Å². The van der Waals surface area contributed by atoms with Gasteiger partial charge in [0.1, 0.15) is 0 Å². The van der Waals surface area contributed by atoms with Crippen molar-refractivity contribution >= 4 is 5.91 Å². The largest absolute Gasteiger partial charge is 0.337 e. The van der Waals surface area contributed by atoms with Crippen molar-refractivity contribution < 1.29 is 4.79 Å². The van der Waals surface area contributed by atoms with Crippen LogP contribution < -0.4 is 0 Å². The summed E-state index contributed by atoms with van der Waals surface area (Å²) in [5.74, 6) is 0.997. The molecule has 1 aromatic carbocycles. The summed E-state index contributed by atoms with van der Waals surface area (Å²) in [7, 11) is 0. The molecular formula is C20H25N3O. The Morgan fingerprint density at radius 1 is 1.08 bits per heavy atom. The zero-order valence-electron chi connectivity index (χ0n) is 14.5. The van der Waals surface area contributed by atoms with Crippen molar-refractivity contribution in [3.63, 3.8) is 0 Å². The lowest BCUT2D eigenvalue weighted by atomic mass is 9.90. The normalized spacial score (nSPS) is 15.7. The Labute approximate surface area is 143 Å². The van der Waals surface area contributed by atoms with Gasteiger partial charge in [0.2, 0.25) is 0 Å². The predicted molar refractivity (Wildman–Crippen MR) is 94.9 cm³/mol. The zero-order valence-corrected chi connectivity index (χ0v) is 14.5. The van der Waals surface area contributed by atoms with Crippen LogP contribution in [0, 0.1) is 5.92 Å². The monoisotopic (exact) mass is 323 g/mol. The fourth-order valence-electron chi connectivity index (χ4n) is 3.21. The van der Waals surface area contributed by atoms with Crippen LogP contribution in [-0.2, 0) is 6.42 Å². The first kappa shape index (κ1) is 16.6. The highest BCUT2D eigenvalue weighted by atomic mass is 16.2. The zero-order chi connectivity index (χ0) is 16.9. The van der Waals surface area contributed by atoms with Crippen molar-refractivity contribution in [3.8, 4) is 0 Å². The molecule has 3 rings (SSSR count). The molecule has 0 atom stereocenters. The molecule has 1 aliphatic rings. The summed E-state index contributed by atoms with van der Waals surface area (Å²) in [5.41, 5.74) is 2.77. The van der Waals surface area contributed by atoms with Crippen molar-refractivity contribution in [3.05, 3.63) is 59.4 Å². The molecule has 0 bridgehead atoms. The third-order valence-electron chi connectivity index (χ3n) is 4.76. The van der Waals surface area contributed by atoms with Gasteiger partial charge in [0.05, 0.1) is 5.69 Å². The van der Waals surface area contributed by atoms with Crippen LogP contribution >= 0.6 is 0 Å². The Morgan fingerprint density at radius 3 is 2.38 bits per heavy atom. The molecule has 1 fully saturated rings. The van der Waals surface area contributed by atoms with E-state index in [9.17, 15) is 4.79 Å². The molecule has 2 aromatic rings. The van der Waals surface area contributed by atoms with Gasteiger partial charge in [-0.3, -0.25) is 4.79 Å². The molecule has 0 radical (unpaired) electrons. The van der Waals surface area contributed by atoms with Gasteiger partial charge in [-0.15, -0.1) is 5.10 Å². The quantitative estimate of drug-likeness (QED) is 0.862. The van der Waals surface area contributed by atoms with Crippen LogP contribution in [0.5, 0.6) is 0 Å². The fourth-order valence-corrected chi connectivity index (χ4v) is 3.21. The number of rotatable bonds is 4. The molecule has 4 heteroatoms. The lowest BCUT2D eigenvalue weighted by molar-refractivity contribution is 0.0683. The van der Waals surface area contributed by atoms with E-state index >= 15 is 0 Å². The Bertz CT molecular complexity index is 659. The molecule has 2 heterocycles. The van der Waals surface area contributed by atoms with Crippen molar-refractivity contribution in [2.45, 2.75) is 39.0 Å². The fraction of sp³-hybridized carbons (Fsp3) is 0.450. The molecule has 1 amide bonds. The van der Waals surface area contributed by atoms with Crippen LogP contribution in [0.3, 0.4) is 0 Å². The van der Waals surface area contributed by atoms with Crippen molar-refractivity contribution in [2.75, 3.05) is 13.1 Å². The predicted octanol–water partition coefficient (Wildman–Crippen LogP) is 3.69. The number of hydrogen-bond acceptors (Lipinski definition) is 3. The first-order valence-electron chi connectivity index (χ1n) is 8.80. The molecule has 1 saturated heterocycles. The van der Waals surface area contributed by atoms with E-state index in [4.69, 9.17) is 0 Å². The number of carbonyl (C=O) groups excluding carboxylic acids is 1. The number of amides is 1. The second kappa shape index (κ2) is 7.56. The van der Waals surface area contributed by atoms with Crippen LogP contribution in [0.2, 0.25) is 0 Å². The first-order chi connectivity index (χ1) is 11.6. The molecule has 0 N–H and O–H groups in total. The Balaban J connectivity index is 1.55. The van der Waals surface area contributed by atoms with Gasteiger partial charge in [0, 0.05) is 13.1 Å². The maximum atomic E-state index is 12.6. The average Bonchev–Trinajstić information content (AvgIpc) is 2.63. The molecule has 1 aliphatic heterocycles. The summed E-state index contributed by atoms with van der Waals surface area (Å²) in [6, 6.07) is 14.3. The molecule has 0 unspecified atom stereocenters. The minimum Gasteiger partial charge on any atom is -0.337 e. The van der Waals surface area contributed by atoms with E-state index in [2.05, 4.69) is 54.4 Å². The average molecular weight is 323 g/mol. The highest BCUT2D eigenvalue weighted by molar-refractivity contribution is 5.92. The summed E-state index contributed by atoms with van der Waals surface area (Å²) in [6.07, 6.45) is 3.21. The first-order valence-corrected chi connectivity index (χ1v) is 8.80. The van der Waals surface area contributed by atoms with E-state index < -0.39 is 0 Å². The van der Waals surface area contributed by atoms with E-state index in [1.807, 2.05) is 11.0 Å². The third-order valence-corrected chi connectivity index (χ3v) is 4.76. The van der Waals surface area contributed by atoms with Crippen LogP contribution in [0.4, 0.5) is 0 Å². The minimum atomic E-state index is 0.0102. The lowest BCUT2D eigenvalue weighted by Crippen LogP contribution is -2.39. The van der Waals surface area contributed by atoms with E-state index in [1.54, 1.807) is 6.07 Å². The van der Waals surface area contributed by atoms with Gasteiger partial charge >= 0.3 is 0 Å². The molecule has 126 valence electrons. The minimum absolute atomic E-state index is 0.0102. The van der Waals surface area contributed by atoms with Gasteiger partial charge in [0.15, 0.2) is 5.69 Å². The standard InChI is InChI=1S/C20H25N3O/c1-15(2)18-8-9-19(22-21-18)20(24)23-12-10-17(11-13-23)14-16-6-4-3-5-7-16/h3-9,15,17H,10-14H2,1-2H3. The van der Waals surface area contributed by atoms with Crippen molar-refractivity contribution in [2.24, 2.45) is 5.92 Å². The molecular weight excluding hydrogens is 298 g/mol. The van der Waals surface area contributed by atoms with Crippen LogP contribution in [0.1, 0.15) is 54.4 Å². The third kappa shape index (κ3) is 3.99. The van der Waals surface area contributed by atoms with Gasteiger partial charge in [-0.05, 0) is 48.8 Å². The lowest BCUT2D eigenvalue weighted by Gasteiger charge is -2.31. The number of carbonyl (C=O) groups is 1. The SMILES string of the molecule is CC(C)c1ccc(C(=O)N2CCC(Cc3ccccc3)CC2)nn1. The molecule has 0 spiro atoms. The highest BCUT2D eigenvalue weighted by Crippen LogP contribution is 2.22. The second-order valence-corrected chi connectivity index (χ2v) is 6.92. The van der Waals surface area contributed by atoms with Gasteiger partial charge in [-0.25, -0.2) is 0 Å². The number of hydrogen-bond donors (Lipinski definition) is 0. The van der Waals surface area contributed by atoms with Gasteiger partial charge in [0.25, 0.3) is 5.91 Å². The van der Waals surface area contributed by atoms with Crippen molar-refractivity contribution in [1.82, 2.24) is 15.1 Å². The topological polar surface area (TPSA) is 46.1 Å². The number of likely N-dealkylation sites (tertiary alicyclic amines) is 1. The highest BCUT2D eigenvalue weighted by Gasteiger charge is 2.24. The van der Waals surface area contributed by atoms with Crippen LogP contribution in [0.25, 0.3) is 0 Å². The Morgan fingerprint density at radius 2 is 1.79 bits per heavy atom. The smallest absolute Gasteiger partial charge is 0.274 e. The summed E-state index contributed by atoms with van der Waals surface area (Å²) in [4.78, 5) is 14.5. The molecule has 4 nitrogen and oxygen atoms in total. The number of nitrogens with zero attached hydrogens (tertiary/aromatic N) is 3. The summed E-state index contributed by atoms with van der Waals surface area (Å²) >= 11 is 0. The van der Waals surface area contributed by atoms with E-state index in [0.29, 0.717) is 17.5 Å². The maximum Gasteiger partial charge on any atom is 0.274 e. The van der Waals surface area contributed by atoms with E-state index in [-0.39, 0.29) is 5.91 Å². The number of aromatic nitrogens is 2. The molecule has 24 heavy (non-hydrogen) atoms. The Hall–Kier alpha value is -2.23. The van der Waals surface area contributed by atoms with Crippen LogP contribution in [0.15, 0.2) is 42.5 Å².